The Balaban J connectivity index is 1.78. The average molecular weight is 237 g/mol. The highest BCUT2D eigenvalue weighted by atomic mass is 16.3. The molecule has 0 unspecified atom stereocenters. The summed E-state index contributed by atoms with van der Waals surface area (Å²) >= 11 is 0. The molecule has 0 bridgehead atoms. The normalized spacial score (nSPS) is 23.5. The number of aliphatic hydroxyl groups is 1. The number of aromatic nitrogens is 2. The van der Waals surface area contributed by atoms with Crippen LogP contribution in [-0.2, 0) is 6.54 Å². The number of hydrogen-bond acceptors (Lipinski definition) is 6. The minimum Gasteiger partial charge on any atom is -0.393 e. The van der Waals surface area contributed by atoms with Crippen molar-refractivity contribution in [3.05, 3.63) is 18.1 Å². The number of nitrogens with one attached hydrogen (secondary N) is 1. The second-order valence-electron chi connectivity index (χ2n) is 4.73. The summed E-state index contributed by atoms with van der Waals surface area (Å²) in [4.78, 5) is 10.6. The Kier molecular flexibility index (Phi) is 3.88. The number of anilines is 1. The molecule has 0 atom stereocenters. The molecule has 0 saturated heterocycles. The molecule has 1 aromatic heterocycles. The lowest BCUT2D eigenvalue weighted by molar-refractivity contribution is 0.0272. The van der Waals surface area contributed by atoms with Gasteiger partial charge in [-0.1, -0.05) is 0 Å². The predicted octanol–water partition coefficient (Wildman–Crippen LogP) is -0.0351. The van der Waals surface area contributed by atoms with Crippen LogP contribution < -0.4 is 11.3 Å². The van der Waals surface area contributed by atoms with Gasteiger partial charge in [0.05, 0.1) is 24.2 Å². The number of nitrogens with two attached hydrogens (primary N) is 1. The summed E-state index contributed by atoms with van der Waals surface area (Å²) in [6.07, 6.45) is 5.11. The second-order valence-corrected chi connectivity index (χ2v) is 4.73. The van der Waals surface area contributed by atoms with E-state index >= 15 is 0 Å². The average Bonchev–Trinajstić information content (AvgIpc) is 2.28. The SMILES string of the molecule is CN(Cc1cnc(NN)cn1)CC1CC(O)C1. The zero-order chi connectivity index (χ0) is 12.3. The summed E-state index contributed by atoms with van der Waals surface area (Å²) < 4.78 is 0. The molecule has 4 N–H and O–H groups in total. The predicted molar refractivity (Wildman–Crippen MR) is 64.9 cm³/mol. The molecule has 1 heterocycles. The Labute approximate surface area is 101 Å². The van der Waals surface area contributed by atoms with Crippen molar-refractivity contribution in [2.24, 2.45) is 11.8 Å². The van der Waals surface area contributed by atoms with E-state index in [1.807, 2.05) is 0 Å². The molecule has 6 heteroatoms. The van der Waals surface area contributed by atoms with E-state index in [4.69, 9.17) is 5.84 Å². The van der Waals surface area contributed by atoms with Crippen LogP contribution in [0.2, 0.25) is 0 Å². The quantitative estimate of drug-likeness (QED) is 0.492. The first-order valence-electron chi connectivity index (χ1n) is 5.81. The number of nitrogens with zero attached hydrogens (tertiary/aromatic N) is 3. The van der Waals surface area contributed by atoms with Gasteiger partial charge in [0.25, 0.3) is 0 Å². The molecule has 1 saturated carbocycles. The molecule has 0 aliphatic heterocycles. The van der Waals surface area contributed by atoms with Gasteiger partial charge in [0.1, 0.15) is 0 Å². The molecule has 1 aliphatic rings. The van der Waals surface area contributed by atoms with Gasteiger partial charge in [0.2, 0.25) is 0 Å². The minimum atomic E-state index is -0.0805. The molecular formula is C11H19N5O. The molecular weight excluding hydrogens is 218 g/mol. The van der Waals surface area contributed by atoms with Gasteiger partial charge >= 0.3 is 0 Å². The van der Waals surface area contributed by atoms with E-state index in [2.05, 4.69) is 27.3 Å². The van der Waals surface area contributed by atoms with Gasteiger partial charge in [0, 0.05) is 13.1 Å². The summed E-state index contributed by atoms with van der Waals surface area (Å²) in [5.41, 5.74) is 3.37. The molecule has 0 radical (unpaired) electrons. The second kappa shape index (κ2) is 5.39. The summed E-state index contributed by atoms with van der Waals surface area (Å²) in [6.45, 7) is 1.76. The fraction of sp³-hybridized carbons (Fsp3) is 0.636. The zero-order valence-electron chi connectivity index (χ0n) is 10.0. The Bertz CT molecular complexity index is 349. The third-order valence-electron chi connectivity index (χ3n) is 3.07. The molecule has 0 amide bonds. The summed E-state index contributed by atoms with van der Waals surface area (Å²) in [5, 5.41) is 9.22. The fourth-order valence-corrected chi connectivity index (χ4v) is 2.14. The standard InChI is InChI=1S/C11H19N5O/c1-16(6-8-2-10(17)3-8)7-9-4-14-11(15-12)5-13-9/h4-5,8,10,17H,2-3,6-7,12H2,1H3,(H,14,15). The highest BCUT2D eigenvalue weighted by molar-refractivity contribution is 5.28. The third kappa shape index (κ3) is 3.36. The van der Waals surface area contributed by atoms with Gasteiger partial charge in [-0.15, -0.1) is 0 Å². The number of rotatable bonds is 5. The Hall–Kier alpha value is -1.24. The van der Waals surface area contributed by atoms with Crippen molar-refractivity contribution in [1.29, 1.82) is 0 Å². The highest BCUT2D eigenvalue weighted by Gasteiger charge is 2.27. The van der Waals surface area contributed by atoms with Gasteiger partial charge in [-0.2, -0.15) is 0 Å². The lowest BCUT2D eigenvalue weighted by atomic mass is 9.82. The van der Waals surface area contributed by atoms with Crippen LogP contribution in [-0.4, -0.2) is 39.7 Å². The highest BCUT2D eigenvalue weighted by Crippen LogP contribution is 2.27. The molecule has 94 valence electrons. The largest absolute Gasteiger partial charge is 0.393 e. The van der Waals surface area contributed by atoms with E-state index in [9.17, 15) is 5.11 Å². The summed E-state index contributed by atoms with van der Waals surface area (Å²) in [7, 11) is 2.06. The maximum atomic E-state index is 9.22. The summed E-state index contributed by atoms with van der Waals surface area (Å²) in [5.74, 6) is 6.41. The van der Waals surface area contributed by atoms with Crippen LogP contribution in [0.1, 0.15) is 18.5 Å². The van der Waals surface area contributed by atoms with Crippen LogP contribution in [0.3, 0.4) is 0 Å². The van der Waals surface area contributed by atoms with Crippen molar-refractivity contribution < 1.29 is 5.11 Å². The van der Waals surface area contributed by atoms with E-state index in [-0.39, 0.29) is 6.10 Å². The smallest absolute Gasteiger partial charge is 0.158 e. The van der Waals surface area contributed by atoms with Gasteiger partial charge in [-0.3, -0.25) is 4.98 Å². The lowest BCUT2D eigenvalue weighted by Crippen LogP contribution is -2.36. The number of aliphatic hydroxyl groups excluding tert-OH is 1. The lowest BCUT2D eigenvalue weighted by Gasteiger charge is -2.34. The number of hydrazine groups is 1. The van der Waals surface area contributed by atoms with Crippen molar-refractivity contribution in [2.45, 2.75) is 25.5 Å². The molecule has 2 rings (SSSR count). The molecule has 17 heavy (non-hydrogen) atoms. The summed E-state index contributed by atoms with van der Waals surface area (Å²) in [6, 6.07) is 0. The first-order valence-corrected chi connectivity index (χ1v) is 5.81. The molecule has 1 fully saturated rings. The number of hydrogen-bond donors (Lipinski definition) is 3. The first-order chi connectivity index (χ1) is 8.17. The molecule has 0 aromatic carbocycles. The molecule has 0 spiro atoms. The van der Waals surface area contributed by atoms with Crippen molar-refractivity contribution in [2.75, 3.05) is 19.0 Å². The van der Waals surface area contributed by atoms with Gasteiger partial charge in [0.15, 0.2) is 5.82 Å². The maximum absolute atomic E-state index is 9.22. The molecule has 1 aromatic rings. The van der Waals surface area contributed by atoms with Crippen LogP contribution in [0.25, 0.3) is 0 Å². The maximum Gasteiger partial charge on any atom is 0.158 e. The van der Waals surface area contributed by atoms with Crippen molar-refractivity contribution in [1.82, 2.24) is 14.9 Å². The van der Waals surface area contributed by atoms with E-state index < -0.39 is 0 Å². The van der Waals surface area contributed by atoms with Crippen molar-refractivity contribution in [3.8, 4) is 0 Å². The monoisotopic (exact) mass is 237 g/mol. The molecule has 6 nitrogen and oxygen atoms in total. The first kappa shape index (κ1) is 12.2. The molecule has 1 aliphatic carbocycles. The van der Waals surface area contributed by atoms with Crippen LogP contribution in [0, 0.1) is 5.92 Å². The van der Waals surface area contributed by atoms with Crippen molar-refractivity contribution >= 4 is 5.82 Å². The fourth-order valence-electron chi connectivity index (χ4n) is 2.14. The Morgan fingerprint density at radius 2 is 2.24 bits per heavy atom. The zero-order valence-corrected chi connectivity index (χ0v) is 10.0. The van der Waals surface area contributed by atoms with Crippen LogP contribution in [0.4, 0.5) is 5.82 Å². The Morgan fingerprint density at radius 1 is 1.47 bits per heavy atom. The Morgan fingerprint density at radius 3 is 2.76 bits per heavy atom. The number of nitrogen functional groups attached to an aromatic ring is 1. The minimum absolute atomic E-state index is 0.0805. The van der Waals surface area contributed by atoms with Crippen LogP contribution >= 0.6 is 0 Å². The van der Waals surface area contributed by atoms with Gasteiger partial charge < -0.3 is 15.4 Å². The van der Waals surface area contributed by atoms with E-state index in [1.54, 1.807) is 12.4 Å². The van der Waals surface area contributed by atoms with Crippen molar-refractivity contribution in [3.63, 3.8) is 0 Å². The topological polar surface area (TPSA) is 87.3 Å². The third-order valence-corrected chi connectivity index (χ3v) is 3.07. The van der Waals surface area contributed by atoms with E-state index in [1.165, 1.54) is 0 Å². The van der Waals surface area contributed by atoms with Gasteiger partial charge in [-0.25, -0.2) is 10.8 Å². The van der Waals surface area contributed by atoms with E-state index in [0.29, 0.717) is 11.7 Å². The van der Waals surface area contributed by atoms with Crippen LogP contribution in [0.5, 0.6) is 0 Å². The van der Waals surface area contributed by atoms with Crippen LogP contribution in [0.15, 0.2) is 12.4 Å². The van der Waals surface area contributed by atoms with E-state index in [0.717, 1.165) is 31.6 Å². The van der Waals surface area contributed by atoms with Gasteiger partial charge in [-0.05, 0) is 25.8 Å².